The van der Waals surface area contributed by atoms with Gasteiger partial charge in [-0.25, -0.2) is 9.59 Å². The summed E-state index contributed by atoms with van der Waals surface area (Å²) in [5.41, 5.74) is 2.91. The molecular weight excluding hydrogens is 370 g/mol. The van der Waals surface area contributed by atoms with Crippen LogP contribution in [-0.4, -0.2) is 46.9 Å². The van der Waals surface area contributed by atoms with Gasteiger partial charge in [0.15, 0.2) is 5.78 Å². The number of hydrogen-bond donors (Lipinski definition) is 2. The number of esters is 1. The van der Waals surface area contributed by atoms with Crippen LogP contribution in [0.4, 0.5) is 4.79 Å². The SMILES string of the molecule is CCOC(=O)c1[nH]c(C)c(C(=O)CN(C(=O)NCc2ccccc2)C2CC2)c1C. The summed E-state index contributed by atoms with van der Waals surface area (Å²) in [7, 11) is 0. The highest BCUT2D eigenvalue weighted by atomic mass is 16.5. The number of Topliss-reactive ketones (excluding diaryl/α,β-unsaturated/α-hetero) is 1. The Morgan fingerprint density at radius 2 is 1.86 bits per heavy atom. The van der Waals surface area contributed by atoms with Gasteiger partial charge in [0.25, 0.3) is 0 Å². The van der Waals surface area contributed by atoms with Gasteiger partial charge in [-0.1, -0.05) is 30.3 Å². The number of rotatable bonds is 8. The number of aryl methyl sites for hydroxylation is 1. The molecule has 0 radical (unpaired) electrons. The number of hydrogen-bond acceptors (Lipinski definition) is 4. The number of urea groups is 1. The first-order valence-corrected chi connectivity index (χ1v) is 9.90. The summed E-state index contributed by atoms with van der Waals surface area (Å²) in [6.45, 7) is 5.85. The van der Waals surface area contributed by atoms with E-state index in [0.717, 1.165) is 18.4 Å². The standard InChI is InChI=1S/C22H27N3O4/c1-4-29-21(27)20-14(2)19(15(3)24-20)18(26)13-25(17-10-11-17)22(28)23-12-16-8-6-5-7-9-16/h5-9,17,24H,4,10-13H2,1-3H3,(H,23,28). The fraction of sp³-hybridized carbons (Fsp3) is 0.409. The van der Waals surface area contributed by atoms with Gasteiger partial charge in [-0.2, -0.15) is 0 Å². The predicted octanol–water partition coefficient (Wildman–Crippen LogP) is 3.37. The highest BCUT2D eigenvalue weighted by Gasteiger charge is 2.35. The third kappa shape index (κ3) is 4.85. The Morgan fingerprint density at radius 1 is 1.17 bits per heavy atom. The molecule has 1 aliphatic rings. The third-order valence-corrected chi connectivity index (χ3v) is 5.04. The van der Waals surface area contributed by atoms with Gasteiger partial charge in [0.2, 0.25) is 0 Å². The minimum atomic E-state index is -0.480. The maximum absolute atomic E-state index is 13.0. The zero-order chi connectivity index (χ0) is 21.0. The van der Waals surface area contributed by atoms with Crippen LogP contribution in [0.15, 0.2) is 30.3 Å². The number of carbonyl (C=O) groups is 3. The lowest BCUT2D eigenvalue weighted by atomic mass is 10.1. The van der Waals surface area contributed by atoms with Gasteiger partial charge in [0, 0.05) is 23.8 Å². The molecule has 0 atom stereocenters. The molecule has 1 heterocycles. The summed E-state index contributed by atoms with van der Waals surface area (Å²) in [6, 6.07) is 9.48. The molecule has 1 aromatic heterocycles. The van der Waals surface area contributed by atoms with Crippen molar-refractivity contribution in [1.82, 2.24) is 15.2 Å². The molecule has 1 fully saturated rings. The minimum Gasteiger partial charge on any atom is -0.461 e. The normalized spacial score (nSPS) is 13.1. The largest absolute Gasteiger partial charge is 0.461 e. The number of nitrogens with one attached hydrogen (secondary N) is 2. The number of carbonyl (C=O) groups excluding carboxylic acids is 3. The van der Waals surface area contributed by atoms with Crippen LogP contribution in [0, 0.1) is 13.8 Å². The van der Waals surface area contributed by atoms with E-state index in [1.807, 2.05) is 30.3 Å². The molecule has 0 unspecified atom stereocenters. The Kier molecular flexibility index (Phi) is 6.36. The van der Waals surface area contributed by atoms with Crippen LogP contribution in [-0.2, 0) is 11.3 Å². The number of ether oxygens (including phenoxy) is 1. The molecule has 3 rings (SSSR count). The van der Waals surface area contributed by atoms with E-state index >= 15 is 0 Å². The number of nitrogens with zero attached hydrogens (tertiary/aromatic N) is 1. The van der Waals surface area contributed by atoms with Crippen molar-refractivity contribution in [2.75, 3.05) is 13.2 Å². The van der Waals surface area contributed by atoms with Crippen LogP contribution in [0.2, 0.25) is 0 Å². The highest BCUT2D eigenvalue weighted by molar-refractivity contribution is 6.04. The van der Waals surface area contributed by atoms with Crippen molar-refractivity contribution in [2.45, 2.75) is 46.2 Å². The molecule has 7 heteroatoms. The molecule has 2 N–H and O–H groups in total. The fourth-order valence-electron chi connectivity index (χ4n) is 3.44. The molecule has 0 spiro atoms. The van der Waals surface area contributed by atoms with Gasteiger partial charge in [-0.05, 0) is 44.7 Å². The minimum absolute atomic E-state index is 0.0207. The molecule has 2 amide bonds. The van der Waals surface area contributed by atoms with E-state index in [1.54, 1.807) is 25.7 Å². The Hall–Kier alpha value is -3.09. The maximum atomic E-state index is 13.0. The van der Waals surface area contributed by atoms with Gasteiger partial charge in [0.05, 0.1) is 13.2 Å². The molecular formula is C22H27N3O4. The number of benzene rings is 1. The van der Waals surface area contributed by atoms with Crippen molar-refractivity contribution < 1.29 is 19.1 Å². The summed E-state index contributed by atoms with van der Waals surface area (Å²) in [4.78, 5) is 42.4. The topological polar surface area (TPSA) is 91.5 Å². The lowest BCUT2D eigenvalue weighted by molar-refractivity contribution is 0.0519. The number of ketones is 1. The predicted molar refractivity (Wildman–Crippen MR) is 109 cm³/mol. The second-order valence-corrected chi connectivity index (χ2v) is 7.27. The smallest absolute Gasteiger partial charge is 0.355 e. The lowest BCUT2D eigenvalue weighted by Gasteiger charge is -2.22. The van der Waals surface area contributed by atoms with E-state index in [0.29, 0.717) is 29.1 Å². The quantitative estimate of drug-likeness (QED) is 0.528. The van der Waals surface area contributed by atoms with Gasteiger partial charge >= 0.3 is 12.0 Å². The van der Waals surface area contributed by atoms with E-state index in [-0.39, 0.29) is 31.0 Å². The first-order valence-electron chi connectivity index (χ1n) is 9.90. The van der Waals surface area contributed by atoms with E-state index in [4.69, 9.17) is 4.74 Å². The molecule has 2 aromatic rings. The number of aromatic amines is 1. The third-order valence-electron chi connectivity index (χ3n) is 5.04. The average Bonchev–Trinajstić information content (AvgIpc) is 3.49. The van der Waals surface area contributed by atoms with Crippen molar-refractivity contribution in [3.05, 3.63) is 58.4 Å². The number of amides is 2. The second-order valence-electron chi connectivity index (χ2n) is 7.27. The number of aromatic nitrogens is 1. The molecule has 154 valence electrons. The van der Waals surface area contributed by atoms with E-state index in [1.165, 1.54) is 0 Å². The van der Waals surface area contributed by atoms with Gasteiger partial charge in [-0.3, -0.25) is 4.79 Å². The molecule has 7 nitrogen and oxygen atoms in total. The van der Waals surface area contributed by atoms with Gasteiger partial charge in [0.1, 0.15) is 5.69 Å². The zero-order valence-corrected chi connectivity index (χ0v) is 17.1. The molecule has 1 saturated carbocycles. The van der Waals surface area contributed by atoms with Crippen molar-refractivity contribution in [2.24, 2.45) is 0 Å². The Bertz CT molecular complexity index is 900. The second kappa shape index (κ2) is 8.94. The summed E-state index contributed by atoms with van der Waals surface area (Å²) < 4.78 is 5.04. The van der Waals surface area contributed by atoms with E-state index in [2.05, 4.69) is 10.3 Å². The molecule has 0 aliphatic heterocycles. The summed E-state index contributed by atoms with van der Waals surface area (Å²) in [5.74, 6) is -0.666. The van der Waals surface area contributed by atoms with Crippen molar-refractivity contribution in [3.63, 3.8) is 0 Å². The van der Waals surface area contributed by atoms with Crippen LogP contribution in [0.1, 0.15) is 57.4 Å². The lowest BCUT2D eigenvalue weighted by Crippen LogP contribution is -2.44. The van der Waals surface area contributed by atoms with E-state index in [9.17, 15) is 14.4 Å². The molecule has 29 heavy (non-hydrogen) atoms. The summed E-state index contributed by atoms with van der Waals surface area (Å²) in [5, 5.41) is 2.90. The van der Waals surface area contributed by atoms with Crippen LogP contribution in [0.3, 0.4) is 0 Å². The first-order chi connectivity index (χ1) is 13.9. The van der Waals surface area contributed by atoms with E-state index < -0.39 is 5.97 Å². The molecule has 0 saturated heterocycles. The van der Waals surface area contributed by atoms with Gasteiger partial charge < -0.3 is 19.9 Å². The molecule has 1 aromatic carbocycles. The maximum Gasteiger partial charge on any atom is 0.355 e. The zero-order valence-electron chi connectivity index (χ0n) is 17.1. The van der Waals surface area contributed by atoms with Crippen molar-refractivity contribution in [1.29, 1.82) is 0 Å². The average molecular weight is 397 g/mol. The fourth-order valence-corrected chi connectivity index (χ4v) is 3.44. The Labute approximate surface area is 170 Å². The highest BCUT2D eigenvalue weighted by Crippen LogP contribution is 2.28. The van der Waals surface area contributed by atoms with Crippen LogP contribution >= 0.6 is 0 Å². The van der Waals surface area contributed by atoms with Crippen molar-refractivity contribution in [3.8, 4) is 0 Å². The van der Waals surface area contributed by atoms with Crippen LogP contribution in [0.5, 0.6) is 0 Å². The summed E-state index contributed by atoms with van der Waals surface area (Å²) >= 11 is 0. The first kappa shape index (κ1) is 20.6. The number of H-pyrrole nitrogens is 1. The van der Waals surface area contributed by atoms with Crippen LogP contribution in [0.25, 0.3) is 0 Å². The molecule has 0 bridgehead atoms. The van der Waals surface area contributed by atoms with Crippen LogP contribution < -0.4 is 5.32 Å². The molecule has 1 aliphatic carbocycles. The van der Waals surface area contributed by atoms with Crippen molar-refractivity contribution >= 4 is 17.8 Å². The van der Waals surface area contributed by atoms with Gasteiger partial charge in [-0.15, -0.1) is 0 Å². The summed E-state index contributed by atoms with van der Waals surface area (Å²) in [6.07, 6.45) is 1.79. The Balaban J connectivity index is 1.70. The Morgan fingerprint density at radius 3 is 2.48 bits per heavy atom. The monoisotopic (exact) mass is 397 g/mol.